The van der Waals surface area contributed by atoms with Crippen LogP contribution in [-0.4, -0.2) is 40.4 Å². The molecule has 27 heavy (non-hydrogen) atoms. The van der Waals surface area contributed by atoms with Crippen LogP contribution in [0.15, 0.2) is 30.5 Å². The molecule has 1 aliphatic rings. The number of aromatic nitrogens is 1. The zero-order valence-corrected chi connectivity index (χ0v) is 16.8. The molecular weight excluding hydrogens is 362 g/mol. The fourth-order valence-electron chi connectivity index (χ4n) is 3.86. The summed E-state index contributed by atoms with van der Waals surface area (Å²) in [6.07, 6.45) is 5.32. The first-order valence-corrected chi connectivity index (χ1v) is 10.2. The van der Waals surface area contributed by atoms with Crippen molar-refractivity contribution in [3.63, 3.8) is 0 Å². The first-order chi connectivity index (χ1) is 13.0. The molecule has 0 atom stereocenters. The summed E-state index contributed by atoms with van der Waals surface area (Å²) in [5, 5.41) is 4.86. The Bertz CT molecular complexity index is 805. The molecule has 1 saturated heterocycles. The average molecular weight is 390 g/mol. The standard InChI is InChI=1S/C21H28ClN3O2/c1-3-15(4-2)21(27)24-11-8-18(9-12-24)23-20(26)14-25-10-7-16-5-6-17(22)13-19(16)25/h5-7,10,13,15,18H,3-4,8-9,11-12,14H2,1-2H3,(H,23,26). The van der Waals surface area contributed by atoms with E-state index in [2.05, 4.69) is 19.2 Å². The Hall–Kier alpha value is -2.01. The number of piperidine rings is 1. The minimum Gasteiger partial charge on any atom is -0.352 e. The summed E-state index contributed by atoms with van der Waals surface area (Å²) in [7, 11) is 0. The zero-order valence-electron chi connectivity index (χ0n) is 16.1. The fraction of sp³-hybridized carbons (Fsp3) is 0.524. The normalized spacial score (nSPS) is 15.5. The molecule has 1 aromatic carbocycles. The molecule has 1 N–H and O–H groups in total. The Morgan fingerprint density at radius 1 is 1.19 bits per heavy atom. The van der Waals surface area contributed by atoms with Crippen LogP contribution < -0.4 is 5.32 Å². The summed E-state index contributed by atoms with van der Waals surface area (Å²) in [4.78, 5) is 26.9. The van der Waals surface area contributed by atoms with E-state index in [-0.39, 0.29) is 30.3 Å². The molecule has 0 spiro atoms. The first-order valence-electron chi connectivity index (χ1n) is 9.84. The second-order valence-corrected chi connectivity index (χ2v) is 7.76. The SMILES string of the molecule is CCC(CC)C(=O)N1CCC(NC(=O)Cn2ccc3ccc(Cl)cc32)CC1. The third-order valence-electron chi connectivity index (χ3n) is 5.56. The van der Waals surface area contributed by atoms with Crippen LogP contribution in [0.25, 0.3) is 10.9 Å². The van der Waals surface area contributed by atoms with E-state index in [1.807, 2.05) is 39.9 Å². The Balaban J connectivity index is 1.52. The average Bonchev–Trinajstić information content (AvgIpc) is 3.05. The molecular formula is C21H28ClN3O2. The summed E-state index contributed by atoms with van der Waals surface area (Å²) in [5.74, 6) is 0.391. The van der Waals surface area contributed by atoms with Gasteiger partial charge in [-0.1, -0.05) is 31.5 Å². The van der Waals surface area contributed by atoms with Crippen LogP contribution in [0.3, 0.4) is 0 Å². The largest absolute Gasteiger partial charge is 0.352 e. The summed E-state index contributed by atoms with van der Waals surface area (Å²) in [6.45, 7) is 5.86. The van der Waals surface area contributed by atoms with Crippen molar-refractivity contribution in [3.8, 4) is 0 Å². The molecule has 0 aliphatic carbocycles. The second-order valence-electron chi connectivity index (χ2n) is 7.33. The van der Waals surface area contributed by atoms with E-state index in [1.54, 1.807) is 0 Å². The van der Waals surface area contributed by atoms with Crippen molar-refractivity contribution >= 4 is 34.3 Å². The third-order valence-corrected chi connectivity index (χ3v) is 5.79. The molecule has 2 heterocycles. The summed E-state index contributed by atoms with van der Waals surface area (Å²) in [5.41, 5.74) is 0.961. The molecule has 0 radical (unpaired) electrons. The highest BCUT2D eigenvalue weighted by Crippen LogP contribution is 2.21. The van der Waals surface area contributed by atoms with Crippen molar-refractivity contribution in [2.24, 2.45) is 5.92 Å². The molecule has 1 fully saturated rings. The lowest BCUT2D eigenvalue weighted by Gasteiger charge is -2.34. The molecule has 146 valence electrons. The Morgan fingerprint density at radius 2 is 1.89 bits per heavy atom. The number of nitrogens with one attached hydrogen (secondary N) is 1. The maximum absolute atomic E-state index is 12.5. The maximum Gasteiger partial charge on any atom is 0.240 e. The molecule has 2 aromatic rings. The van der Waals surface area contributed by atoms with E-state index in [4.69, 9.17) is 11.6 Å². The maximum atomic E-state index is 12.5. The van der Waals surface area contributed by atoms with Gasteiger partial charge in [0.1, 0.15) is 6.54 Å². The van der Waals surface area contributed by atoms with Crippen molar-refractivity contribution < 1.29 is 9.59 Å². The van der Waals surface area contributed by atoms with Crippen molar-refractivity contribution in [2.75, 3.05) is 13.1 Å². The van der Waals surface area contributed by atoms with Gasteiger partial charge in [-0.25, -0.2) is 0 Å². The molecule has 3 rings (SSSR count). The van der Waals surface area contributed by atoms with E-state index in [9.17, 15) is 9.59 Å². The number of likely N-dealkylation sites (tertiary alicyclic amines) is 1. The Kier molecular flexibility index (Phi) is 6.42. The van der Waals surface area contributed by atoms with Crippen LogP contribution in [-0.2, 0) is 16.1 Å². The molecule has 5 nitrogen and oxygen atoms in total. The van der Waals surface area contributed by atoms with Crippen molar-refractivity contribution in [2.45, 2.75) is 52.1 Å². The van der Waals surface area contributed by atoms with E-state index in [0.29, 0.717) is 5.02 Å². The number of halogens is 1. The molecule has 1 aliphatic heterocycles. The zero-order chi connectivity index (χ0) is 19.4. The van der Waals surface area contributed by atoms with Gasteiger partial charge < -0.3 is 14.8 Å². The van der Waals surface area contributed by atoms with Gasteiger partial charge in [0.25, 0.3) is 0 Å². The molecule has 0 unspecified atom stereocenters. The van der Waals surface area contributed by atoms with Crippen LogP contribution in [0.2, 0.25) is 5.02 Å². The predicted octanol–water partition coefficient (Wildman–Crippen LogP) is 3.84. The Morgan fingerprint density at radius 3 is 2.56 bits per heavy atom. The molecule has 0 bridgehead atoms. The van der Waals surface area contributed by atoms with Crippen molar-refractivity contribution in [1.29, 1.82) is 0 Å². The van der Waals surface area contributed by atoms with E-state index < -0.39 is 0 Å². The van der Waals surface area contributed by atoms with Gasteiger partial charge in [0, 0.05) is 41.8 Å². The summed E-state index contributed by atoms with van der Waals surface area (Å²) in [6, 6.07) is 7.81. The van der Waals surface area contributed by atoms with Crippen LogP contribution in [0.5, 0.6) is 0 Å². The number of carbonyl (C=O) groups excluding carboxylic acids is 2. The summed E-state index contributed by atoms with van der Waals surface area (Å²) >= 11 is 6.08. The minimum absolute atomic E-state index is 0.00255. The molecule has 1 aromatic heterocycles. The highest BCUT2D eigenvalue weighted by atomic mass is 35.5. The van der Waals surface area contributed by atoms with Gasteiger partial charge in [0.15, 0.2) is 0 Å². The van der Waals surface area contributed by atoms with Gasteiger partial charge in [-0.15, -0.1) is 0 Å². The number of fused-ring (bicyclic) bond motifs is 1. The monoisotopic (exact) mass is 389 g/mol. The van der Waals surface area contributed by atoms with E-state index in [1.165, 1.54) is 0 Å². The topological polar surface area (TPSA) is 54.3 Å². The van der Waals surface area contributed by atoms with Crippen LogP contribution >= 0.6 is 11.6 Å². The fourth-order valence-corrected chi connectivity index (χ4v) is 4.03. The Labute approximate surface area is 165 Å². The number of nitrogens with zero attached hydrogens (tertiary/aromatic N) is 2. The van der Waals surface area contributed by atoms with Crippen LogP contribution in [0.1, 0.15) is 39.5 Å². The lowest BCUT2D eigenvalue weighted by molar-refractivity contribution is -0.137. The lowest BCUT2D eigenvalue weighted by atomic mass is 9.98. The van der Waals surface area contributed by atoms with Crippen molar-refractivity contribution in [3.05, 3.63) is 35.5 Å². The number of hydrogen-bond donors (Lipinski definition) is 1. The first kappa shape index (κ1) is 19.7. The van der Waals surface area contributed by atoms with E-state index in [0.717, 1.165) is 49.7 Å². The van der Waals surface area contributed by atoms with Crippen molar-refractivity contribution in [1.82, 2.24) is 14.8 Å². The molecule has 2 amide bonds. The van der Waals surface area contributed by atoms with Crippen LogP contribution in [0.4, 0.5) is 0 Å². The van der Waals surface area contributed by atoms with Crippen LogP contribution in [0, 0.1) is 5.92 Å². The van der Waals surface area contributed by atoms with Gasteiger partial charge in [-0.05, 0) is 49.3 Å². The van der Waals surface area contributed by atoms with Gasteiger partial charge in [-0.2, -0.15) is 0 Å². The number of benzene rings is 1. The quantitative estimate of drug-likeness (QED) is 0.816. The number of rotatable bonds is 6. The smallest absolute Gasteiger partial charge is 0.240 e. The lowest BCUT2D eigenvalue weighted by Crippen LogP contribution is -2.48. The van der Waals surface area contributed by atoms with Gasteiger partial charge in [-0.3, -0.25) is 9.59 Å². The number of amides is 2. The molecule has 6 heteroatoms. The third kappa shape index (κ3) is 4.64. The van der Waals surface area contributed by atoms with Gasteiger partial charge in [0.05, 0.1) is 0 Å². The van der Waals surface area contributed by atoms with Gasteiger partial charge >= 0.3 is 0 Å². The van der Waals surface area contributed by atoms with E-state index >= 15 is 0 Å². The predicted molar refractivity (Wildman–Crippen MR) is 109 cm³/mol. The second kappa shape index (κ2) is 8.79. The minimum atomic E-state index is -0.00255. The number of carbonyl (C=O) groups is 2. The highest BCUT2D eigenvalue weighted by Gasteiger charge is 2.27. The highest BCUT2D eigenvalue weighted by molar-refractivity contribution is 6.31. The van der Waals surface area contributed by atoms with Gasteiger partial charge in [0.2, 0.25) is 11.8 Å². The summed E-state index contributed by atoms with van der Waals surface area (Å²) < 4.78 is 1.92. The number of hydrogen-bond acceptors (Lipinski definition) is 2. The molecule has 0 saturated carbocycles.